The molecule has 0 spiro atoms. The van der Waals surface area contributed by atoms with Crippen LogP contribution in [0.4, 0.5) is 0 Å². The van der Waals surface area contributed by atoms with Crippen LogP contribution in [0.2, 0.25) is 0 Å². The van der Waals surface area contributed by atoms with Gasteiger partial charge in [0.1, 0.15) is 18.1 Å². The van der Waals surface area contributed by atoms with Crippen molar-refractivity contribution in [2.24, 2.45) is 17.6 Å². The van der Waals surface area contributed by atoms with Crippen LogP contribution in [0.25, 0.3) is 0 Å². The van der Waals surface area contributed by atoms with Crippen molar-refractivity contribution < 1.29 is 29.4 Å². The van der Waals surface area contributed by atoms with Gasteiger partial charge in [-0.2, -0.15) is 0 Å². The van der Waals surface area contributed by atoms with Crippen molar-refractivity contribution in [2.75, 3.05) is 6.61 Å². The molecule has 10 nitrogen and oxygen atoms in total. The van der Waals surface area contributed by atoms with Gasteiger partial charge in [-0.3, -0.25) is 14.4 Å². The third-order valence-electron chi connectivity index (χ3n) is 5.57. The lowest BCUT2D eigenvalue weighted by molar-refractivity contribution is -0.144. The Kier molecular flexibility index (Phi) is 12.2. The summed E-state index contributed by atoms with van der Waals surface area (Å²) in [5.41, 5.74) is 6.73. The summed E-state index contributed by atoms with van der Waals surface area (Å²) in [4.78, 5) is 49.8. The molecule has 34 heavy (non-hydrogen) atoms. The van der Waals surface area contributed by atoms with E-state index in [1.54, 1.807) is 38.1 Å². The number of carbonyl (C=O) groups excluding carboxylic acids is 3. The minimum atomic E-state index is -1.39. The van der Waals surface area contributed by atoms with Gasteiger partial charge in [0.15, 0.2) is 0 Å². The van der Waals surface area contributed by atoms with E-state index in [1.807, 2.05) is 19.9 Å². The van der Waals surface area contributed by atoms with E-state index in [4.69, 9.17) is 5.73 Å². The molecule has 190 valence electrons. The van der Waals surface area contributed by atoms with Gasteiger partial charge in [0.2, 0.25) is 17.7 Å². The van der Waals surface area contributed by atoms with Gasteiger partial charge in [-0.25, -0.2) is 4.79 Å². The number of nitrogens with one attached hydrogen (secondary N) is 3. The van der Waals surface area contributed by atoms with E-state index in [1.165, 1.54) is 0 Å². The molecule has 0 bridgehead atoms. The summed E-state index contributed by atoms with van der Waals surface area (Å²) in [5.74, 6) is -3.42. The molecular formula is C24H38N4O6. The fourth-order valence-electron chi connectivity index (χ4n) is 3.36. The number of amides is 3. The van der Waals surface area contributed by atoms with Gasteiger partial charge >= 0.3 is 5.97 Å². The lowest BCUT2D eigenvalue weighted by Crippen LogP contribution is -2.59. The van der Waals surface area contributed by atoms with Crippen molar-refractivity contribution in [2.45, 2.75) is 71.1 Å². The Morgan fingerprint density at radius 1 is 0.912 bits per heavy atom. The number of hydrogen-bond donors (Lipinski definition) is 6. The van der Waals surface area contributed by atoms with Crippen LogP contribution in [-0.4, -0.2) is 64.7 Å². The number of hydrogen-bond acceptors (Lipinski definition) is 6. The van der Waals surface area contributed by atoms with E-state index < -0.39 is 54.5 Å². The molecule has 0 heterocycles. The van der Waals surface area contributed by atoms with Crippen LogP contribution in [0.15, 0.2) is 30.3 Å². The van der Waals surface area contributed by atoms with Crippen LogP contribution >= 0.6 is 0 Å². The molecule has 1 rings (SSSR count). The van der Waals surface area contributed by atoms with Crippen molar-refractivity contribution in [1.82, 2.24) is 16.0 Å². The number of aliphatic carboxylic acids is 1. The molecule has 1 aromatic rings. The number of nitrogens with two attached hydrogens (primary N) is 1. The van der Waals surface area contributed by atoms with E-state index >= 15 is 0 Å². The first-order valence-corrected chi connectivity index (χ1v) is 11.5. The quantitative estimate of drug-likeness (QED) is 0.221. The van der Waals surface area contributed by atoms with Gasteiger partial charge in [-0.05, 0) is 23.8 Å². The molecule has 1 aromatic carbocycles. The van der Waals surface area contributed by atoms with Crippen LogP contribution in [0.5, 0.6) is 0 Å². The number of aliphatic hydroxyl groups is 1. The number of aliphatic hydroxyl groups excluding tert-OH is 1. The van der Waals surface area contributed by atoms with Crippen molar-refractivity contribution in [3.63, 3.8) is 0 Å². The van der Waals surface area contributed by atoms with E-state index in [2.05, 4.69) is 16.0 Å². The normalized spacial score (nSPS) is 15.5. The van der Waals surface area contributed by atoms with Gasteiger partial charge in [-0.1, -0.05) is 64.4 Å². The fourth-order valence-corrected chi connectivity index (χ4v) is 3.36. The number of carboxylic acid groups (broad SMARTS) is 1. The average molecular weight is 479 g/mol. The summed E-state index contributed by atoms with van der Waals surface area (Å²) in [6.07, 6.45) is 1.08. The summed E-state index contributed by atoms with van der Waals surface area (Å²) in [5, 5.41) is 26.5. The molecule has 0 aromatic heterocycles. The molecule has 0 radical (unpaired) electrons. The minimum absolute atomic E-state index is 0.136. The zero-order valence-electron chi connectivity index (χ0n) is 20.3. The Morgan fingerprint density at radius 3 is 1.97 bits per heavy atom. The maximum Gasteiger partial charge on any atom is 0.326 e. The molecule has 0 aliphatic carbocycles. The Labute approximate surface area is 200 Å². The largest absolute Gasteiger partial charge is 0.480 e. The Morgan fingerprint density at radius 2 is 1.47 bits per heavy atom. The molecule has 0 fully saturated rings. The molecule has 0 aliphatic rings. The minimum Gasteiger partial charge on any atom is -0.480 e. The van der Waals surface area contributed by atoms with Gasteiger partial charge in [-0.15, -0.1) is 0 Å². The molecule has 7 N–H and O–H groups in total. The lowest BCUT2D eigenvalue weighted by Gasteiger charge is -2.26. The molecule has 5 unspecified atom stereocenters. The summed E-state index contributed by atoms with van der Waals surface area (Å²) < 4.78 is 0. The Balaban J connectivity index is 3.00. The predicted octanol–water partition coefficient (Wildman–Crippen LogP) is 0.180. The summed E-state index contributed by atoms with van der Waals surface area (Å²) in [6.45, 7) is 6.57. The maximum absolute atomic E-state index is 13.0. The molecule has 5 atom stereocenters. The maximum atomic E-state index is 13.0. The molecule has 10 heteroatoms. The highest BCUT2D eigenvalue weighted by atomic mass is 16.4. The number of benzene rings is 1. The standard InChI is InChI=1S/C24H38N4O6/c1-5-15(4)20(24(33)34)28-23(32)19(13-29)27-22(31)18(12-16-9-7-6-8-10-16)26-21(30)17(25)11-14(2)3/h6-10,14-15,17-20,29H,5,11-13,25H2,1-4H3,(H,26,30)(H,27,31)(H,28,32)(H,33,34). The van der Waals surface area contributed by atoms with Crippen molar-refractivity contribution in [3.8, 4) is 0 Å². The van der Waals surface area contributed by atoms with E-state index in [-0.39, 0.29) is 18.3 Å². The molecule has 0 aliphatic heterocycles. The first-order valence-electron chi connectivity index (χ1n) is 11.5. The van der Waals surface area contributed by atoms with Gasteiger partial charge in [0, 0.05) is 6.42 Å². The highest BCUT2D eigenvalue weighted by molar-refractivity contribution is 5.94. The fraction of sp³-hybridized carbons (Fsp3) is 0.583. The van der Waals surface area contributed by atoms with Crippen LogP contribution in [-0.2, 0) is 25.6 Å². The van der Waals surface area contributed by atoms with Gasteiger partial charge in [0.25, 0.3) is 0 Å². The van der Waals surface area contributed by atoms with Crippen molar-refractivity contribution in [1.29, 1.82) is 0 Å². The predicted molar refractivity (Wildman–Crippen MR) is 128 cm³/mol. The van der Waals surface area contributed by atoms with E-state index in [9.17, 15) is 29.4 Å². The first kappa shape index (κ1) is 29.1. The number of carbonyl (C=O) groups is 4. The van der Waals surface area contributed by atoms with Gasteiger partial charge < -0.3 is 31.9 Å². The average Bonchev–Trinajstić information content (AvgIpc) is 2.79. The van der Waals surface area contributed by atoms with Crippen molar-refractivity contribution >= 4 is 23.7 Å². The third-order valence-corrected chi connectivity index (χ3v) is 5.57. The SMILES string of the molecule is CCC(C)C(NC(=O)C(CO)NC(=O)C(Cc1ccccc1)NC(=O)C(N)CC(C)C)C(=O)O. The highest BCUT2D eigenvalue weighted by Gasteiger charge is 2.31. The highest BCUT2D eigenvalue weighted by Crippen LogP contribution is 2.09. The zero-order chi connectivity index (χ0) is 25.8. The third kappa shape index (κ3) is 9.48. The number of carboxylic acids is 1. The van der Waals surface area contributed by atoms with Crippen LogP contribution in [0.3, 0.4) is 0 Å². The van der Waals surface area contributed by atoms with Crippen LogP contribution in [0.1, 0.15) is 46.1 Å². The van der Waals surface area contributed by atoms with Crippen molar-refractivity contribution in [3.05, 3.63) is 35.9 Å². The van der Waals surface area contributed by atoms with E-state index in [0.29, 0.717) is 12.8 Å². The second kappa shape index (κ2) is 14.3. The monoisotopic (exact) mass is 478 g/mol. The molecular weight excluding hydrogens is 440 g/mol. The zero-order valence-corrected chi connectivity index (χ0v) is 20.3. The first-order chi connectivity index (χ1) is 16.0. The molecule has 3 amide bonds. The Hall–Kier alpha value is -2.98. The summed E-state index contributed by atoms with van der Waals surface area (Å²) in [6, 6.07) is 4.56. The molecule has 0 saturated carbocycles. The lowest BCUT2D eigenvalue weighted by atomic mass is 9.99. The molecule has 0 saturated heterocycles. The Bertz CT molecular complexity index is 817. The second-order valence-corrected chi connectivity index (χ2v) is 8.94. The smallest absolute Gasteiger partial charge is 0.326 e. The summed E-state index contributed by atoms with van der Waals surface area (Å²) in [7, 11) is 0. The topological polar surface area (TPSA) is 171 Å². The van der Waals surface area contributed by atoms with Crippen LogP contribution < -0.4 is 21.7 Å². The summed E-state index contributed by atoms with van der Waals surface area (Å²) >= 11 is 0. The second-order valence-electron chi connectivity index (χ2n) is 8.94. The van der Waals surface area contributed by atoms with Gasteiger partial charge in [0.05, 0.1) is 12.6 Å². The van der Waals surface area contributed by atoms with Crippen LogP contribution in [0, 0.1) is 11.8 Å². The van der Waals surface area contributed by atoms with E-state index in [0.717, 1.165) is 5.56 Å². The number of rotatable bonds is 14.